The van der Waals surface area contributed by atoms with Crippen LogP contribution < -0.4 is 5.32 Å². The molecule has 0 spiro atoms. The lowest BCUT2D eigenvalue weighted by Crippen LogP contribution is -2.42. The van der Waals surface area contributed by atoms with Crippen molar-refractivity contribution in [2.75, 3.05) is 19.6 Å². The van der Waals surface area contributed by atoms with Gasteiger partial charge in [-0.25, -0.2) is 0 Å². The van der Waals surface area contributed by atoms with Gasteiger partial charge < -0.3 is 10.2 Å². The smallest absolute Gasteiger partial charge is 0.0177 e. The Morgan fingerprint density at radius 2 is 1.87 bits per heavy atom. The van der Waals surface area contributed by atoms with E-state index in [-0.39, 0.29) is 5.54 Å². The molecule has 1 saturated heterocycles. The second kappa shape index (κ2) is 5.02. The van der Waals surface area contributed by atoms with Crippen molar-refractivity contribution < 1.29 is 0 Å². The number of rotatable bonds is 3. The monoisotopic (exact) mass is 210 g/mol. The normalized spacial score (nSPS) is 19.3. The van der Waals surface area contributed by atoms with Crippen molar-refractivity contribution in [3.05, 3.63) is 12.3 Å². The van der Waals surface area contributed by atoms with Crippen LogP contribution in [0, 0.1) is 5.92 Å². The minimum absolute atomic E-state index is 0.255. The molecule has 0 aromatic heterocycles. The SMILES string of the molecule is C=C(C)N1CCC(CNC(C)(C)C)CC1. The first-order valence-corrected chi connectivity index (χ1v) is 6.04. The van der Waals surface area contributed by atoms with E-state index in [1.165, 1.54) is 31.6 Å². The quantitative estimate of drug-likeness (QED) is 0.770. The van der Waals surface area contributed by atoms with Gasteiger partial charge in [-0.1, -0.05) is 6.58 Å². The van der Waals surface area contributed by atoms with E-state index < -0.39 is 0 Å². The molecule has 0 unspecified atom stereocenters. The largest absolute Gasteiger partial charge is 0.376 e. The maximum Gasteiger partial charge on any atom is 0.0177 e. The Morgan fingerprint density at radius 1 is 1.33 bits per heavy atom. The molecule has 1 rings (SSSR count). The van der Waals surface area contributed by atoms with Gasteiger partial charge in [0.15, 0.2) is 0 Å². The summed E-state index contributed by atoms with van der Waals surface area (Å²) in [6, 6.07) is 0. The zero-order valence-electron chi connectivity index (χ0n) is 10.8. The fraction of sp³-hybridized carbons (Fsp3) is 0.846. The van der Waals surface area contributed by atoms with Gasteiger partial charge in [-0.2, -0.15) is 0 Å². The van der Waals surface area contributed by atoms with Crippen LogP contribution in [0.3, 0.4) is 0 Å². The zero-order chi connectivity index (χ0) is 11.5. The van der Waals surface area contributed by atoms with Gasteiger partial charge in [0.05, 0.1) is 0 Å². The van der Waals surface area contributed by atoms with Gasteiger partial charge in [0.2, 0.25) is 0 Å². The first-order valence-electron chi connectivity index (χ1n) is 6.04. The third kappa shape index (κ3) is 4.70. The molecule has 0 atom stereocenters. The van der Waals surface area contributed by atoms with Crippen molar-refractivity contribution in [3.8, 4) is 0 Å². The van der Waals surface area contributed by atoms with Gasteiger partial charge >= 0.3 is 0 Å². The van der Waals surface area contributed by atoms with Crippen LogP contribution >= 0.6 is 0 Å². The summed E-state index contributed by atoms with van der Waals surface area (Å²) < 4.78 is 0. The summed E-state index contributed by atoms with van der Waals surface area (Å²) in [5, 5.41) is 3.59. The maximum atomic E-state index is 4.00. The van der Waals surface area contributed by atoms with Crippen molar-refractivity contribution >= 4 is 0 Å². The fourth-order valence-electron chi connectivity index (χ4n) is 1.97. The van der Waals surface area contributed by atoms with Gasteiger partial charge in [-0.3, -0.25) is 0 Å². The molecule has 0 aromatic rings. The second-order valence-electron chi connectivity index (χ2n) is 5.80. The summed E-state index contributed by atoms with van der Waals surface area (Å²) in [4.78, 5) is 2.40. The molecule has 1 aliphatic rings. The van der Waals surface area contributed by atoms with Gasteiger partial charge in [0.1, 0.15) is 0 Å². The Morgan fingerprint density at radius 3 is 2.27 bits per heavy atom. The van der Waals surface area contributed by atoms with E-state index in [4.69, 9.17) is 0 Å². The molecule has 1 aliphatic heterocycles. The Hall–Kier alpha value is -0.500. The van der Waals surface area contributed by atoms with Crippen molar-refractivity contribution in [3.63, 3.8) is 0 Å². The number of nitrogens with one attached hydrogen (secondary N) is 1. The van der Waals surface area contributed by atoms with Crippen LogP contribution in [0.1, 0.15) is 40.5 Å². The standard InChI is InChI=1S/C13H26N2/c1-11(2)15-8-6-12(7-9-15)10-14-13(3,4)5/h12,14H,1,6-10H2,2-5H3. The molecule has 0 aliphatic carbocycles. The first-order chi connectivity index (χ1) is 6.88. The van der Waals surface area contributed by atoms with E-state index >= 15 is 0 Å². The molecule has 1 fully saturated rings. The number of likely N-dealkylation sites (tertiary alicyclic amines) is 1. The summed E-state index contributed by atoms with van der Waals surface area (Å²) >= 11 is 0. The molecule has 2 nitrogen and oxygen atoms in total. The van der Waals surface area contributed by atoms with Crippen LogP contribution in [0.2, 0.25) is 0 Å². The molecule has 1 N–H and O–H groups in total. The highest BCUT2D eigenvalue weighted by molar-refractivity contribution is 4.91. The van der Waals surface area contributed by atoms with E-state index in [2.05, 4.69) is 44.5 Å². The molecular formula is C13H26N2. The van der Waals surface area contributed by atoms with Gasteiger partial charge in [-0.15, -0.1) is 0 Å². The molecule has 0 aromatic carbocycles. The Balaban J connectivity index is 2.23. The molecule has 0 bridgehead atoms. The van der Waals surface area contributed by atoms with Crippen molar-refractivity contribution in [1.82, 2.24) is 10.2 Å². The molecule has 88 valence electrons. The Labute approximate surface area is 94.7 Å². The summed E-state index contributed by atoms with van der Waals surface area (Å²) in [5.41, 5.74) is 1.48. The Bertz CT molecular complexity index is 207. The highest BCUT2D eigenvalue weighted by Crippen LogP contribution is 2.19. The average Bonchev–Trinajstić information content (AvgIpc) is 2.14. The molecule has 15 heavy (non-hydrogen) atoms. The lowest BCUT2D eigenvalue weighted by Gasteiger charge is -2.35. The van der Waals surface area contributed by atoms with Crippen LogP contribution in [-0.4, -0.2) is 30.1 Å². The van der Waals surface area contributed by atoms with Crippen molar-refractivity contribution in [1.29, 1.82) is 0 Å². The van der Waals surface area contributed by atoms with Crippen molar-refractivity contribution in [2.24, 2.45) is 5.92 Å². The van der Waals surface area contributed by atoms with Crippen LogP contribution in [0.15, 0.2) is 12.3 Å². The fourth-order valence-corrected chi connectivity index (χ4v) is 1.97. The highest BCUT2D eigenvalue weighted by atomic mass is 15.1. The topological polar surface area (TPSA) is 15.3 Å². The molecule has 0 saturated carbocycles. The number of hydrogen-bond acceptors (Lipinski definition) is 2. The maximum absolute atomic E-state index is 4.00. The lowest BCUT2D eigenvalue weighted by atomic mass is 9.95. The molecule has 0 radical (unpaired) electrons. The predicted molar refractivity (Wildman–Crippen MR) is 66.9 cm³/mol. The van der Waals surface area contributed by atoms with E-state index in [1.807, 2.05) is 0 Å². The summed E-state index contributed by atoms with van der Waals surface area (Å²) in [6.07, 6.45) is 2.60. The van der Waals surface area contributed by atoms with Crippen molar-refractivity contribution in [2.45, 2.75) is 46.1 Å². The highest BCUT2D eigenvalue weighted by Gasteiger charge is 2.20. The third-order valence-electron chi connectivity index (χ3n) is 3.08. The van der Waals surface area contributed by atoms with E-state index in [0.29, 0.717) is 0 Å². The number of nitrogens with zero attached hydrogens (tertiary/aromatic N) is 1. The number of allylic oxidation sites excluding steroid dienone is 1. The predicted octanol–water partition coefficient (Wildman–Crippen LogP) is 2.62. The zero-order valence-corrected chi connectivity index (χ0v) is 10.8. The minimum atomic E-state index is 0.255. The van der Waals surface area contributed by atoms with Crippen LogP contribution in [-0.2, 0) is 0 Å². The van der Waals surface area contributed by atoms with Gasteiger partial charge in [0.25, 0.3) is 0 Å². The number of piperidine rings is 1. The molecule has 0 amide bonds. The third-order valence-corrected chi connectivity index (χ3v) is 3.08. The van der Waals surface area contributed by atoms with Gasteiger partial charge in [-0.05, 0) is 53.0 Å². The summed E-state index contributed by atoms with van der Waals surface area (Å²) in [7, 11) is 0. The average molecular weight is 210 g/mol. The van der Waals surface area contributed by atoms with E-state index in [0.717, 1.165) is 12.5 Å². The molecular weight excluding hydrogens is 184 g/mol. The number of hydrogen-bond donors (Lipinski definition) is 1. The summed E-state index contributed by atoms with van der Waals surface area (Å²) in [5.74, 6) is 0.847. The van der Waals surface area contributed by atoms with E-state index in [1.54, 1.807) is 0 Å². The minimum Gasteiger partial charge on any atom is -0.376 e. The summed E-state index contributed by atoms with van der Waals surface area (Å²) in [6.45, 7) is 16.3. The molecule has 1 heterocycles. The van der Waals surface area contributed by atoms with Crippen LogP contribution in [0.25, 0.3) is 0 Å². The van der Waals surface area contributed by atoms with Crippen LogP contribution in [0.5, 0.6) is 0 Å². The molecule has 2 heteroatoms. The van der Waals surface area contributed by atoms with Crippen LogP contribution in [0.4, 0.5) is 0 Å². The van der Waals surface area contributed by atoms with Gasteiger partial charge in [0, 0.05) is 24.3 Å². The first kappa shape index (κ1) is 12.6. The van der Waals surface area contributed by atoms with E-state index in [9.17, 15) is 0 Å². The lowest BCUT2D eigenvalue weighted by molar-refractivity contribution is 0.214. The Kier molecular flexibility index (Phi) is 4.21. The second-order valence-corrected chi connectivity index (χ2v) is 5.80.